The van der Waals surface area contributed by atoms with Gasteiger partial charge in [-0.15, -0.1) is 0 Å². The molecule has 1 aromatic heterocycles. The number of hydrogen-bond donors (Lipinski definition) is 2. The molecule has 0 spiro atoms. The van der Waals surface area contributed by atoms with Gasteiger partial charge in [-0.05, 0) is 18.6 Å². The molecule has 0 bridgehead atoms. The second kappa shape index (κ2) is 9.14. The SMILES string of the molecule is CCCCCCCC(Cc1ccccn1)NN. The summed E-state index contributed by atoms with van der Waals surface area (Å²) in [5, 5.41) is 0. The van der Waals surface area contributed by atoms with Crippen LogP contribution in [0.25, 0.3) is 0 Å². The zero-order valence-corrected chi connectivity index (χ0v) is 10.9. The molecular weight excluding hydrogens is 210 g/mol. The minimum Gasteiger partial charge on any atom is -0.271 e. The zero-order valence-electron chi connectivity index (χ0n) is 10.9. The Labute approximate surface area is 105 Å². The van der Waals surface area contributed by atoms with E-state index in [9.17, 15) is 0 Å². The van der Waals surface area contributed by atoms with E-state index in [4.69, 9.17) is 5.84 Å². The Kier molecular flexibility index (Phi) is 7.60. The second-order valence-corrected chi connectivity index (χ2v) is 4.59. The maximum atomic E-state index is 5.58. The van der Waals surface area contributed by atoms with Gasteiger partial charge >= 0.3 is 0 Å². The number of rotatable bonds is 9. The van der Waals surface area contributed by atoms with E-state index in [-0.39, 0.29) is 0 Å². The predicted molar refractivity (Wildman–Crippen MR) is 72.4 cm³/mol. The average Bonchev–Trinajstić information content (AvgIpc) is 2.38. The summed E-state index contributed by atoms with van der Waals surface area (Å²) in [7, 11) is 0. The quantitative estimate of drug-likeness (QED) is 0.393. The van der Waals surface area contributed by atoms with E-state index in [1.54, 1.807) is 0 Å². The number of hydrogen-bond acceptors (Lipinski definition) is 3. The minimum absolute atomic E-state index is 0.353. The van der Waals surface area contributed by atoms with Crippen molar-refractivity contribution in [3.05, 3.63) is 30.1 Å². The molecule has 0 amide bonds. The molecule has 0 saturated carbocycles. The fourth-order valence-corrected chi connectivity index (χ4v) is 2.01. The van der Waals surface area contributed by atoms with Gasteiger partial charge in [-0.1, -0.05) is 45.1 Å². The molecule has 0 aliphatic heterocycles. The molecule has 3 nitrogen and oxygen atoms in total. The van der Waals surface area contributed by atoms with Crippen LogP contribution in [0.4, 0.5) is 0 Å². The van der Waals surface area contributed by atoms with Gasteiger partial charge in [0.15, 0.2) is 0 Å². The summed E-state index contributed by atoms with van der Waals surface area (Å²) in [6.45, 7) is 2.24. The number of pyridine rings is 1. The van der Waals surface area contributed by atoms with Crippen LogP contribution in [0.5, 0.6) is 0 Å². The smallest absolute Gasteiger partial charge is 0.0419 e. The fraction of sp³-hybridized carbons (Fsp3) is 0.643. The molecule has 17 heavy (non-hydrogen) atoms. The largest absolute Gasteiger partial charge is 0.271 e. The number of nitrogens with one attached hydrogen (secondary N) is 1. The molecule has 0 aromatic carbocycles. The number of aromatic nitrogens is 1. The molecule has 1 unspecified atom stereocenters. The van der Waals surface area contributed by atoms with Crippen molar-refractivity contribution in [1.29, 1.82) is 0 Å². The van der Waals surface area contributed by atoms with E-state index in [1.807, 2.05) is 18.3 Å². The summed E-state index contributed by atoms with van der Waals surface area (Å²) >= 11 is 0. The van der Waals surface area contributed by atoms with Gasteiger partial charge in [0.1, 0.15) is 0 Å². The number of nitrogens with zero attached hydrogens (tertiary/aromatic N) is 1. The van der Waals surface area contributed by atoms with Gasteiger partial charge in [-0.3, -0.25) is 16.3 Å². The summed E-state index contributed by atoms with van der Waals surface area (Å²) in [5.74, 6) is 5.58. The Hall–Kier alpha value is -0.930. The van der Waals surface area contributed by atoms with Gasteiger partial charge in [-0.25, -0.2) is 0 Å². The van der Waals surface area contributed by atoms with Crippen LogP contribution in [0.15, 0.2) is 24.4 Å². The highest BCUT2D eigenvalue weighted by atomic mass is 15.2. The van der Waals surface area contributed by atoms with Crippen molar-refractivity contribution >= 4 is 0 Å². The predicted octanol–water partition coefficient (Wildman–Crippen LogP) is 2.82. The highest BCUT2D eigenvalue weighted by Crippen LogP contribution is 2.09. The lowest BCUT2D eigenvalue weighted by molar-refractivity contribution is 0.457. The maximum absolute atomic E-state index is 5.58. The standard InChI is InChI=1S/C14H25N3/c1-2-3-4-5-6-10-14(17-15)12-13-9-7-8-11-16-13/h7-9,11,14,17H,2-6,10,12,15H2,1H3. The van der Waals surface area contributed by atoms with Crippen LogP contribution in [0, 0.1) is 0 Å². The number of hydrazine groups is 1. The fourth-order valence-electron chi connectivity index (χ4n) is 2.01. The van der Waals surface area contributed by atoms with Gasteiger partial charge in [0.05, 0.1) is 0 Å². The summed E-state index contributed by atoms with van der Waals surface area (Å²) in [6, 6.07) is 6.38. The van der Waals surface area contributed by atoms with Crippen LogP contribution in [-0.4, -0.2) is 11.0 Å². The van der Waals surface area contributed by atoms with Crippen molar-refractivity contribution in [3.63, 3.8) is 0 Å². The Morgan fingerprint density at radius 2 is 2.06 bits per heavy atom. The van der Waals surface area contributed by atoms with E-state index in [2.05, 4.69) is 23.4 Å². The van der Waals surface area contributed by atoms with E-state index < -0.39 is 0 Å². The monoisotopic (exact) mass is 235 g/mol. The lowest BCUT2D eigenvalue weighted by atomic mass is 10.0. The van der Waals surface area contributed by atoms with Crippen LogP contribution >= 0.6 is 0 Å². The molecule has 96 valence electrons. The molecule has 1 aromatic rings. The summed E-state index contributed by atoms with van der Waals surface area (Å²) < 4.78 is 0. The summed E-state index contributed by atoms with van der Waals surface area (Å²) in [5.41, 5.74) is 4.02. The van der Waals surface area contributed by atoms with E-state index >= 15 is 0 Å². The molecule has 0 radical (unpaired) electrons. The third kappa shape index (κ3) is 6.39. The third-order valence-electron chi connectivity index (χ3n) is 3.07. The molecule has 1 rings (SSSR count). The lowest BCUT2D eigenvalue weighted by Crippen LogP contribution is -2.36. The molecule has 1 heterocycles. The van der Waals surface area contributed by atoms with Crippen molar-refractivity contribution in [1.82, 2.24) is 10.4 Å². The first-order chi connectivity index (χ1) is 8.36. The number of unbranched alkanes of at least 4 members (excludes halogenated alkanes) is 4. The van der Waals surface area contributed by atoms with Crippen molar-refractivity contribution < 1.29 is 0 Å². The molecule has 3 heteroatoms. The van der Waals surface area contributed by atoms with Crippen LogP contribution in [-0.2, 0) is 6.42 Å². The van der Waals surface area contributed by atoms with Crippen LogP contribution in [0.2, 0.25) is 0 Å². The molecular formula is C14H25N3. The first kappa shape index (κ1) is 14.1. The normalized spacial score (nSPS) is 12.6. The van der Waals surface area contributed by atoms with Gasteiger partial charge in [0.25, 0.3) is 0 Å². The number of nitrogens with two attached hydrogens (primary N) is 1. The Balaban J connectivity index is 2.20. The van der Waals surface area contributed by atoms with Gasteiger partial charge in [0, 0.05) is 24.4 Å². The van der Waals surface area contributed by atoms with Crippen LogP contribution in [0.1, 0.15) is 51.1 Å². The first-order valence-corrected chi connectivity index (χ1v) is 6.72. The lowest BCUT2D eigenvalue weighted by Gasteiger charge is -2.15. The van der Waals surface area contributed by atoms with Crippen molar-refractivity contribution in [2.75, 3.05) is 0 Å². The van der Waals surface area contributed by atoms with Crippen molar-refractivity contribution in [2.45, 2.75) is 57.9 Å². The van der Waals surface area contributed by atoms with Gasteiger partial charge in [0.2, 0.25) is 0 Å². The summed E-state index contributed by atoms with van der Waals surface area (Å²) in [4.78, 5) is 4.33. The zero-order chi connectivity index (χ0) is 12.3. The Bertz CT molecular complexity index is 274. The average molecular weight is 235 g/mol. The minimum atomic E-state index is 0.353. The molecule has 0 aliphatic rings. The molecule has 1 atom stereocenters. The molecule has 0 aliphatic carbocycles. The Morgan fingerprint density at radius 3 is 2.71 bits per heavy atom. The van der Waals surface area contributed by atoms with Gasteiger partial charge in [-0.2, -0.15) is 0 Å². The van der Waals surface area contributed by atoms with E-state index in [0.29, 0.717) is 6.04 Å². The Morgan fingerprint density at radius 1 is 1.24 bits per heavy atom. The first-order valence-electron chi connectivity index (χ1n) is 6.72. The summed E-state index contributed by atoms with van der Waals surface area (Å²) in [6.07, 6.45) is 10.5. The van der Waals surface area contributed by atoms with Crippen LogP contribution < -0.4 is 11.3 Å². The molecule has 0 saturated heterocycles. The van der Waals surface area contributed by atoms with Gasteiger partial charge < -0.3 is 0 Å². The van der Waals surface area contributed by atoms with Crippen LogP contribution in [0.3, 0.4) is 0 Å². The highest BCUT2D eigenvalue weighted by molar-refractivity contribution is 5.05. The molecule has 0 fully saturated rings. The van der Waals surface area contributed by atoms with E-state index in [0.717, 1.165) is 18.5 Å². The topological polar surface area (TPSA) is 50.9 Å². The second-order valence-electron chi connectivity index (χ2n) is 4.59. The molecule has 3 N–H and O–H groups in total. The highest BCUT2D eigenvalue weighted by Gasteiger charge is 2.07. The van der Waals surface area contributed by atoms with E-state index in [1.165, 1.54) is 32.1 Å². The van der Waals surface area contributed by atoms with Crippen molar-refractivity contribution in [2.24, 2.45) is 5.84 Å². The van der Waals surface area contributed by atoms with Crippen molar-refractivity contribution in [3.8, 4) is 0 Å². The third-order valence-corrected chi connectivity index (χ3v) is 3.07. The maximum Gasteiger partial charge on any atom is 0.0419 e.